The maximum atomic E-state index is 5.61. The highest BCUT2D eigenvalue weighted by molar-refractivity contribution is 6.17. The highest BCUT2D eigenvalue weighted by Gasteiger charge is 2.00. The first kappa shape index (κ1) is 16.0. The van der Waals surface area contributed by atoms with Crippen LogP contribution in [0.15, 0.2) is 12.2 Å². The van der Waals surface area contributed by atoms with E-state index in [0.717, 1.165) is 18.7 Å². The number of hydrogen-bond acceptors (Lipinski definition) is 2. The first-order valence-electron chi connectivity index (χ1n) is 6.31. The van der Waals surface area contributed by atoms with E-state index in [1.165, 1.54) is 19.3 Å². The van der Waals surface area contributed by atoms with Gasteiger partial charge in [-0.25, -0.2) is 0 Å². The van der Waals surface area contributed by atoms with Gasteiger partial charge in [0.05, 0.1) is 0 Å². The molecular weight excluding hydrogens is 224 g/mol. The molecule has 0 aromatic heterocycles. The summed E-state index contributed by atoms with van der Waals surface area (Å²) in [5.41, 5.74) is 0. The molecule has 0 saturated heterocycles. The van der Waals surface area contributed by atoms with Gasteiger partial charge >= 0.3 is 0 Å². The van der Waals surface area contributed by atoms with E-state index in [2.05, 4.69) is 6.08 Å². The monoisotopic (exact) mass is 248 g/mol. The van der Waals surface area contributed by atoms with Gasteiger partial charge in [-0.1, -0.05) is 18.9 Å². The fourth-order valence-corrected chi connectivity index (χ4v) is 1.59. The minimum Gasteiger partial charge on any atom is -0.349 e. The van der Waals surface area contributed by atoms with Crippen LogP contribution in [0.25, 0.3) is 0 Å². The van der Waals surface area contributed by atoms with Gasteiger partial charge in [0.15, 0.2) is 6.29 Å². The molecule has 0 aliphatic rings. The predicted molar refractivity (Wildman–Crippen MR) is 70.0 cm³/mol. The third-order valence-electron chi connectivity index (χ3n) is 2.21. The highest BCUT2D eigenvalue weighted by atomic mass is 35.5. The molecule has 0 aliphatic heterocycles. The SMILES string of the molecule is CCOC(/C=C/CCCCCCCl)OCC. The molecule has 0 aromatic rings. The molecule has 0 atom stereocenters. The van der Waals surface area contributed by atoms with Crippen LogP contribution in [0.5, 0.6) is 0 Å². The number of halogens is 1. The van der Waals surface area contributed by atoms with Gasteiger partial charge in [-0.2, -0.15) is 0 Å². The maximum absolute atomic E-state index is 5.61. The third-order valence-corrected chi connectivity index (χ3v) is 2.48. The van der Waals surface area contributed by atoms with Crippen molar-refractivity contribution >= 4 is 11.6 Å². The summed E-state index contributed by atoms with van der Waals surface area (Å²) in [5.74, 6) is 0.784. The van der Waals surface area contributed by atoms with Crippen molar-refractivity contribution in [2.45, 2.75) is 52.2 Å². The Hall–Kier alpha value is -0.0500. The second-order valence-electron chi connectivity index (χ2n) is 3.60. The van der Waals surface area contributed by atoms with Crippen molar-refractivity contribution in [3.8, 4) is 0 Å². The molecule has 0 rings (SSSR count). The van der Waals surface area contributed by atoms with Crippen molar-refractivity contribution in [3.63, 3.8) is 0 Å². The van der Waals surface area contributed by atoms with Crippen molar-refractivity contribution in [3.05, 3.63) is 12.2 Å². The fourth-order valence-electron chi connectivity index (χ4n) is 1.41. The molecule has 0 unspecified atom stereocenters. The lowest BCUT2D eigenvalue weighted by Crippen LogP contribution is -2.14. The first-order valence-corrected chi connectivity index (χ1v) is 6.84. The molecule has 0 radical (unpaired) electrons. The second-order valence-corrected chi connectivity index (χ2v) is 3.98. The minimum atomic E-state index is -0.169. The van der Waals surface area contributed by atoms with Crippen molar-refractivity contribution in [1.82, 2.24) is 0 Å². The number of ether oxygens (including phenoxy) is 2. The van der Waals surface area contributed by atoms with E-state index in [9.17, 15) is 0 Å². The summed E-state index contributed by atoms with van der Waals surface area (Å²) in [7, 11) is 0. The summed E-state index contributed by atoms with van der Waals surface area (Å²) >= 11 is 5.61. The Balaban J connectivity index is 3.46. The van der Waals surface area contributed by atoms with E-state index in [1.807, 2.05) is 19.9 Å². The van der Waals surface area contributed by atoms with E-state index in [1.54, 1.807) is 0 Å². The summed E-state index contributed by atoms with van der Waals surface area (Å²) in [6.45, 7) is 5.33. The Morgan fingerprint density at radius 2 is 1.62 bits per heavy atom. The van der Waals surface area contributed by atoms with Crippen LogP contribution >= 0.6 is 11.6 Å². The lowest BCUT2D eigenvalue weighted by atomic mass is 10.1. The quantitative estimate of drug-likeness (QED) is 0.237. The van der Waals surface area contributed by atoms with Crippen LogP contribution in [-0.2, 0) is 9.47 Å². The van der Waals surface area contributed by atoms with E-state index >= 15 is 0 Å². The molecule has 3 heteroatoms. The predicted octanol–water partition coefficient (Wildman–Crippen LogP) is 4.13. The van der Waals surface area contributed by atoms with E-state index in [-0.39, 0.29) is 6.29 Å². The lowest BCUT2D eigenvalue weighted by molar-refractivity contribution is -0.104. The summed E-state index contributed by atoms with van der Waals surface area (Å²) in [6, 6.07) is 0. The van der Waals surface area contributed by atoms with E-state index < -0.39 is 0 Å². The standard InChI is InChI=1S/C13H25ClO2/c1-3-15-13(16-4-2)11-9-7-5-6-8-10-12-14/h9,11,13H,3-8,10,12H2,1-2H3/b11-9+. The lowest BCUT2D eigenvalue weighted by Gasteiger charge is -2.12. The number of allylic oxidation sites excluding steroid dienone is 1. The minimum absolute atomic E-state index is 0.169. The first-order chi connectivity index (χ1) is 7.85. The Bertz CT molecular complexity index is 154. The van der Waals surface area contributed by atoms with E-state index in [0.29, 0.717) is 13.2 Å². The van der Waals surface area contributed by atoms with Gasteiger partial charge < -0.3 is 9.47 Å². The van der Waals surface area contributed by atoms with Crippen molar-refractivity contribution < 1.29 is 9.47 Å². The van der Waals surface area contributed by atoms with Gasteiger partial charge in [-0.15, -0.1) is 11.6 Å². The van der Waals surface area contributed by atoms with Gasteiger partial charge in [0.25, 0.3) is 0 Å². The molecule has 0 spiro atoms. The number of rotatable bonds is 11. The van der Waals surface area contributed by atoms with Crippen LogP contribution in [0.4, 0.5) is 0 Å². The Morgan fingerprint density at radius 1 is 1.00 bits per heavy atom. The molecule has 0 heterocycles. The Morgan fingerprint density at radius 3 is 2.19 bits per heavy atom. The van der Waals surface area contributed by atoms with Crippen LogP contribution in [0, 0.1) is 0 Å². The average Bonchev–Trinajstić information content (AvgIpc) is 2.28. The summed E-state index contributed by atoms with van der Waals surface area (Å²) < 4.78 is 10.8. The molecule has 16 heavy (non-hydrogen) atoms. The maximum Gasteiger partial charge on any atom is 0.176 e. The Labute approximate surface area is 105 Å². The zero-order valence-corrected chi connectivity index (χ0v) is 11.3. The number of alkyl halides is 1. The number of unbranched alkanes of at least 4 members (excludes halogenated alkanes) is 4. The van der Waals surface area contributed by atoms with Gasteiger partial charge in [0, 0.05) is 19.1 Å². The van der Waals surface area contributed by atoms with Crippen LogP contribution in [0.3, 0.4) is 0 Å². The van der Waals surface area contributed by atoms with Gasteiger partial charge in [0.1, 0.15) is 0 Å². The summed E-state index contributed by atoms with van der Waals surface area (Å²) in [4.78, 5) is 0. The molecule has 0 aromatic carbocycles. The number of hydrogen-bond donors (Lipinski definition) is 0. The van der Waals surface area contributed by atoms with Crippen LogP contribution in [-0.4, -0.2) is 25.4 Å². The van der Waals surface area contributed by atoms with Crippen LogP contribution in [0.1, 0.15) is 46.0 Å². The van der Waals surface area contributed by atoms with Crippen molar-refractivity contribution in [2.75, 3.05) is 19.1 Å². The molecule has 0 N–H and O–H groups in total. The molecule has 0 amide bonds. The average molecular weight is 249 g/mol. The van der Waals surface area contributed by atoms with Crippen LogP contribution < -0.4 is 0 Å². The van der Waals surface area contributed by atoms with E-state index in [4.69, 9.17) is 21.1 Å². The normalized spacial score (nSPS) is 11.8. The topological polar surface area (TPSA) is 18.5 Å². The molecule has 96 valence electrons. The zero-order valence-electron chi connectivity index (χ0n) is 10.6. The molecule has 0 bridgehead atoms. The third kappa shape index (κ3) is 10.5. The molecule has 2 nitrogen and oxygen atoms in total. The Kier molecular flexibility index (Phi) is 13.0. The second kappa shape index (κ2) is 13.0. The molecule has 0 aliphatic carbocycles. The molecule has 0 saturated carbocycles. The fraction of sp³-hybridized carbons (Fsp3) is 0.846. The molecular formula is C13H25ClO2. The summed E-state index contributed by atoms with van der Waals surface area (Å²) in [5, 5.41) is 0. The van der Waals surface area contributed by atoms with Gasteiger partial charge in [-0.3, -0.25) is 0 Å². The van der Waals surface area contributed by atoms with Crippen LogP contribution in [0.2, 0.25) is 0 Å². The largest absolute Gasteiger partial charge is 0.349 e. The zero-order chi connectivity index (χ0) is 12.1. The van der Waals surface area contributed by atoms with Gasteiger partial charge in [-0.05, 0) is 39.2 Å². The summed E-state index contributed by atoms with van der Waals surface area (Å²) in [6.07, 6.45) is 9.93. The van der Waals surface area contributed by atoms with Gasteiger partial charge in [0.2, 0.25) is 0 Å². The highest BCUT2D eigenvalue weighted by Crippen LogP contribution is 2.05. The smallest absolute Gasteiger partial charge is 0.176 e. The molecule has 0 fully saturated rings. The van der Waals surface area contributed by atoms with Crippen molar-refractivity contribution in [2.24, 2.45) is 0 Å². The van der Waals surface area contributed by atoms with Crippen molar-refractivity contribution in [1.29, 1.82) is 0 Å².